The number of carboxylic acid groups (broad SMARTS) is 1. The van der Waals surface area contributed by atoms with Crippen LogP contribution in [0.3, 0.4) is 0 Å². The number of ether oxygens (including phenoxy) is 1. The Morgan fingerprint density at radius 2 is 1.93 bits per heavy atom. The Balaban J connectivity index is 1.28. The van der Waals surface area contributed by atoms with Crippen LogP contribution in [0.5, 0.6) is 5.75 Å². The molecule has 0 radical (unpaired) electrons. The van der Waals surface area contributed by atoms with Gasteiger partial charge in [0.15, 0.2) is 0 Å². The van der Waals surface area contributed by atoms with Gasteiger partial charge in [-0.25, -0.2) is 9.78 Å². The van der Waals surface area contributed by atoms with Crippen LogP contribution in [0, 0.1) is 18.8 Å². The second-order valence-corrected chi connectivity index (χ2v) is 14.9. The molecule has 3 aliphatic rings. The normalized spacial score (nSPS) is 21.7. The van der Waals surface area contributed by atoms with Crippen LogP contribution in [0.25, 0.3) is 31.7 Å². The first-order valence-electron chi connectivity index (χ1n) is 15.1. The number of hydrogen-bond donors (Lipinski definition) is 1. The molecule has 3 fully saturated rings. The number of hydrogen-bond acceptors (Lipinski definition) is 5. The molecule has 2 saturated carbocycles. The van der Waals surface area contributed by atoms with E-state index in [1.807, 2.05) is 49.9 Å². The fourth-order valence-corrected chi connectivity index (χ4v) is 8.95. The third-order valence-electron chi connectivity index (χ3n) is 9.57. The van der Waals surface area contributed by atoms with Crippen LogP contribution in [-0.2, 0) is 6.54 Å². The average molecular weight is 621 g/mol. The van der Waals surface area contributed by atoms with E-state index in [1.54, 1.807) is 23.3 Å². The quantitative estimate of drug-likeness (QED) is 0.223. The summed E-state index contributed by atoms with van der Waals surface area (Å²) in [6, 6.07) is 9.58. The number of nitrogens with zero attached hydrogens (tertiary/aromatic N) is 4. The first kappa shape index (κ1) is 28.5. The summed E-state index contributed by atoms with van der Waals surface area (Å²) in [6.45, 7) is 9.37. The second kappa shape index (κ2) is 10.1. The fraction of sp³-hybridized carbons (Fsp3) is 0.485. The van der Waals surface area contributed by atoms with E-state index in [-0.39, 0.29) is 23.9 Å². The maximum atomic E-state index is 14.1. The van der Waals surface area contributed by atoms with E-state index < -0.39 is 11.6 Å². The minimum atomic E-state index is -0.926. The number of amides is 2. The molecule has 0 spiro atoms. The number of aryl methyl sites for hydroxylation is 1. The number of fused-ring (bicyclic) bond motifs is 4. The van der Waals surface area contributed by atoms with Crippen molar-refractivity contribution in [3.05, 3.63) is 46.6 Å². The van der Waals surface area contributed by atoms with E-state index in [0.29, 0.717) is 28.9 Å². The average Bonchev–Trinajstić information content (AvgIpc) is 3.29. The Morgan fingerprint density at radius 1 is 1.16 bits per heavy atom. The summed E-state index contributed by atoms with van der Waals surface area (Å²) >= 11 is 7.99. The maximum absolute atomic E-state index is 14.1. The molecule has 1 saturated heterocycles. The summed E-state index contributed by atoms with van der Waals surface area (Å²) < 4.78 is 9.20. The van der Waals surface area contributed by atoms with Gasteiger partial charge in [-0.05, 0) is 101 Å². The maximum Gasteiger partial charge on any atom is 0.408 e. The molecular formula is C33H37ClN4O4S. The highest BCUT2D eigenvalue weighted by Crippen LogP contribution is 2.47. The molecule has 2 aliphatic carbocycles. The molecular weight excluding hydrogens is 584 g/mol. The predicted octanol–water partition coefficient (Wildman–Crippen LogP) is 7.68. The van der Waals surface area contributed by atoms with Crippen molar-refractivity contribution < 1.29 is 19.4 Å². The number of thiophene rings is 1. The summed E-state index contributed by atoms with van der Waals surface area (Å²) in [5.74, 6) is 1.40. The molecule has 2 unspecified atom stereocenters. The van der Waals surface area contributed by atoms with Gasteiger partial charge in [0.05, 0.1) is 29.8 Å². The van der Waals surface area contributed by atoms with E-state index in [2.05, 4.69) is 22.5 Å². The van der Waals surface area contributed by atoms with Gasteiger partial charge in [-0.15, -0.1) is 11.3 Å². The smallest absolute Gasteiger partial charge is 0.408 e. The zero-order chi connectivity index (χ0) is 30.4. The molecule has 226 valence electrons. The molecule has 4 aromatic rings. The van der Waals surface area contributed by atoms with Gasteiger partial charge in [-0.3, -0.25) is 9.69 Å². The Bertz CT molecular complexity index is 1790. The van der Waals surface area contributed by atoms with Crippen molar-refractivity contribution in [2.75, 3.05) is 13.7 Å². The van der Waals surface area contributed by atoms with Crippen LogP contribution >= 0.6 is 22.9 Å². The number of pyridine rings is 1. The van der Waals surface area contributed by atoms with Crippen LogP contribution in [0.15, 0.2) is 30.3 Å². The zero-order valence-corrected chi connectivity index (χ0v) is 26.8. The summed E-state index contributed by atoms with van der Waals surface area (Å²) in [5.41, 5.74) is 3.16. The van der Waals surface area contributed by atoms with Crippen LogP contribution in [0.4, 0.5) is 4.79 Å². The van der Waals surface area contributed by atoms with Crippen LogP contribution in [-0.4, -0.2) is 67.7 Å². The van der Waals surface area contributed by atoms with Crippen LogP contribution in [0.1, 0.15) is 62.4 Å². The highest BCUT2D eigenvalue weighted by atomic mass is 35.5. The van der Waals surface area contributed by atoms with Gasteiger partial charge in [-0.1, -0.05) is 11.6 Å². The van der Waals surface area contributed by atoms with Crippen molar-refractivity contribution in [2.45, 2.75) is 77.5 Å². The van der Waals surface area contributed by atoms with Gasteiger partial charge in [-0.2, -0.15) is 0 Å². The van der Waals surface area contributed by atoms with Gasteiger partial charge >= 0.3 is 6.09 Å². The molecule has 4 heterocycles. The number of carbonyl (C=O) groups is 2. The van der Waals surface area contributed by atoms with Crippen LogP contribution < -0.4 is 4.74 Å². The van der Waals surface area contributed by atoms with E-state index in [4.69, 9.17) is 16.3 Å². The molecule has 2 bridgehead atoms. The molecule has 8 nitrogen and oxygen atoms in total. The van der Waals surface area contributed by atoms with Crippen molar-refractivity contribution in [3.63, 3.8) is 0 Å². The number of rotatable bonds is 6. The molecule has 1 N–H and O–H groups in total. The molecule has 1 aromatic carbocycles. The van der Waals surface area contributed by atoms with E-state index in [0.717, 1.165) is 56.6 Å². The number of benzene rings is 1. The molecule has 43 heavy (non-hydrogen) atoms. The Labute approximate surface area is 260 Å². The fourth-order valence-electron chi connectivity index (χ4n) is 7.52. The third kappa shape index (κ3) is 4.67. The third-order valence-corrected chi connectivity index (χ3v) is 11.0. The van der Waals surface area contributed by atoms with Crippen molar-refractivity contribution in [1.82, 2.24) is 19.4 Å². The minimum absolute atomic E-state index is 0.0639. The zero-order valence-electron chi connectivity index (χ0n) is 25.2. The predicted molar refractivity (Wildman–Crippen MR) is 171 cm³/mol. The molecule has 2 amide bonds. The van der Waals surface area contributed by atoms with E-state index >= 15 is 0 Å². The Kier molecular flexibility index (Phi) is 6.70. The number of piperidine rings is 1. The topological polar surface area (TPSA) is 87.9 Å². The highest BCUT2D eigenvalue weighted by Gasteiger charge is 2.54. The summed E-state index contributed by atoms with van der Waals surface area (Å²) in [4.78, 5) is 35.7. The van der Waals surface area contributed by atoms with Crippen molar-refractivity contribution in [2.24, 2.45) is 11.8 Å². The standard InChI is InChI=1S/C33H37ClN4O4S/c1-17-27-24(42-5)13-21(31(39)37-16-20-8-10-22(37)28(20)38(32(40)41)33(2,3)4)14-25(27)43-29(17)23-12-19-9-11-26(34)35-30(19)36(23)15-18-6-7-18/h9,11-14,18,20,22,28H,6-8,10,15-16H2,1-5H3,(H,40,41)/t20?,22?,28-/m1/s1. The number of carbonyl (C=O) groups excluding carboxylic acids is 1. The summed E-state index contributed by atoms with van der Waals surface area (Å²) in [7, 11) is 1.65. The van der Waals surface area contributed by atoms with Crippen molar-refractivity contribution in [1.29, 1.82) is 0 Å². The lowest BCUT2D eigenvalue weighted by atomic mass is 9.98. The first-order valence-corrected chi connectivity index (χ1v) is 16.3. The van der Waals surface area contributed by atoms with Gasteiger partial charge in [0, 0.05) is 39.7 Å². The molecule has 3 aromatic heterocycles. The highest BCUT2D eigenvalue weighted by molar-refractivity contribution is 7.22. The lowest BCUT2D eigenvalue weighted by molar-refractivity contribution is 0.0503. The summed E-state index contributed by atoms with van der Waals surface area (Å²) in [6.07, 6.45) is 3.27. The monoisotopic (exact) mass is 620 g/mol. The SMILES string of the molecule is COc1cc(C(=O)N2CC3CCC2[C@@H]3N(C(=O)O)C(C)(C)C)cc2sc(-c3cc4ccc(Cl)nc4n3CC3CC3)c(C)c12. The van der Waals surface area contributed by atoms with Crippen LogP contribution in [0.2, 0.25) is 5.15 Å². The van der Waals surface area contributed by atoms with Gasteiger partial charge in [0.2, 0.25) is 0 Å². The largest absolute Gasteiger partial charge is 0.496 e. The number of likely N-dealkylation sites (tertiary alicyclic amines) is 1. The number of halogens is 1. The lowest BCUT2D eigenvalue weighted by Crippen LogP contribution is -2.55. The van der Waals surface area contributed by atoms with Crippen molar-refractivity contribution in [3.8, 4) is 16.3 Å². The van der Waals surface area contributed by atoms with Gasteiger partial charge < -0.3 is 19.3 Å². The van der Waals surface area contributed by atoms with E-state index in [1.165, 1.54) is 12.8 Å². The van der Waals surface area contributed by atoms with Gasteiger partial charge in [0.25, 0.3) is 5.91 Å². The number of methoxy groups -OCH3 is 1. The lowest BCUT2D eigenvalue weighted by Gasteiger charge is -2.40. The van der Waals surface area contributed by atoms with Crippen molar-refractivity contribution >= 4 is 56.1 Å². The molecule has 3 atom stereocenters. The molecule has 10 heteroatoms. The Hall–Kier alpha value is -3.30. The first-order chi connectivity index (χ1) is 20.5. The number of aromatic nitrogens is 2. The molecule has 7 rings (SSSR count). The van der Waals surface area contributed by atoms with Gasteiger partial charge in [0.1, 0.15) is 16.5 Å². The molecule has 1 aliphatic heterocycles. The van der Waals surface area contributed by atoms with E-state index in [9.17, 15) is 14.7 Å². The second-order valence-electron chi connectivity index (χ2n) is 13.4. The summed E-state index contributed by atoms with van der Waals surface area (Å²) in [5, 5.41) is 12.7. The minimum Gasteiger partial charge on any atom is -0.496 e. The Morgan fingerprint density at radius 3 is 2.60 bits per heavy atom.